The van der Waals surface area contributed by atoms with Crippen molar-refractivity contribution in [1.82, 2.24) is 5.32 Å². The quantitative estimate of drug-likeness (QED) is 0.0288. The molecule has 1 fully saturated rings. The number of rotatable bonds is 33. The van der Waals surface area contributed by atoms with Gasteiger partial charge in [-0.2, -0.15) is 0 Å². The van der Waals surface area contributed by atoms with Gasteiger partial charge < -0.3 is 40.3 Å². The Balaban J connectivity index is 2.37. The molecule has 0 radical (unpaired) electrons. The zero-order valence-electron chi connectivity index (χ0n) is 34.1. The highest BCUT2D eigenvalue weighted by Crippen LogP contribution is 2.22. The Hall–Kier alpha value is -2.63. The first-order valence-electron chi connectivity index (χ1n) is 21.3. The van der Waals surface area contributed by atoms with Gasteiger partial charge in [0, 0.05) is 6.42 Å². The molecule has 0 bridgehead atoms. The molecule has 9 nitrogen and oxygen atoms in total. The van der Waals surface area contributed by atoms with E-state index in [0.717, 1.165) is 96.3 Å². The number of carbonyl (C=O) groups excluding carboxylic acids is 1. The molecule has 7 atom stereocenters. The summed E-state index contributed by atoms with van der Waals surface area (Å²) in [7, 11) is 0. The number of aliphatic hydroxyl groups is 5. The molecule has 1 aliphatic rings. The number of hydrogen-bond acceptors (Lipinski definition) is 8. The Kier molecular flexibility index (Phi) is 32.8. The summed E-state index contributed by atoms with van der Waals surface area (Å²) >= 11 is 0. The highest BCUT2D eigenvalue weighted by molar-refractivity contribution is 5.76. The monoisotopic (exact) mass is 772 g/mol. The van der Waals surface area contributed by atoms with Crippen molar-refractivity contribution in [2.75, 3.05) is 13.2 Å². The van der Waals surface area contributed by atoms with Crippen molar-refractivity contribution in [3.05, 3.63) is 85.1 Å². The molecule has 6 N–H and O–H groups in total. The maximum atomic E-state index is 12.9. The molecule has 9 heteroatoms. The molecule has 55 heavy (non-hydrogen) atoms. The van der Waals surface area contributed by atoms with Crippen LogP contribution in [0.25, 0.3) is 0 Å². The van der Waals surface area contributed by atoms with Crippen LogP contribution in [-0.2, 0) is 14.3 Å². The number of carbonyl (C=O) groups is 1. The molecule has 0 aromatic rings. The van der Waals surface area contributed by atoms with Gasteiger partial charge in [0.1, 0.15) is 24.4 Å². The first-order valence-corrected chi connectivity index (χ1v) is 21.3. The summed E-state index contributed by atoms with van der Waals surface area (Å²) in [6.07, 6.45) is 42.0. The summed E-state index contributed by atoms with van der Waals surface area (Å²) in [6.45, 7) is 3.52. The number of unbranched alkanes of at least 4 members (excludes halogenated alkanes) is 11. The first kappa shape index (κ1) is 50.4. The number of hydrogen-bond donors (Lipinski definition) is 6. The van der Waals surface area contributed by atoms with Crippen molar-refractivity contribution in [2.45, 2.75) is 185 Å². The smallest absolute Gasteiger partial charge is 0.220 e. The molecule has 0 saturated carbocycles. The molecular formula is C46H77NO8. The topological polar surface area (TPSA) is 149 Å². The number of amides is 1. The van der Waals surface area contributed by atoms with Crippen LogP contribution in [0.1, 0.15) is 142 Å². The molecule has 0 spiro atoms. The van der Waals surface area contributed by atoms with Crippen molar-refractivity contribution in [3.63, 3.8) is 0 Å². The lowest BCUT2D eigenvalue weighted by Gasteiger charge is -2.40. The lowest BCUT2D eigenvalue weighted by Crippen LogP contribution is -2.60. The lowest BCUT2D eigenvalue weighted by atomic mass is 9.99. The number of nitrogens with one attached hydrogen (secondary N) is 1. The van der Waals surface area contributed by atoms with E-state index in [1.54, 1.807) is 6.08 Å². The van der Waals surface area contributed by atoms with E-state index in [0.29, 0.717) is 6.42 Å². The van der Waals surface area contributed by atoms with Crippen LogP contribution in [0.5, 0.6) is 0 Å². The minimum Gasteiger partial charge on any atom is -0.394 e. The van der Waals surface area contributed by atoms with Gasteiger partial charge in [-0.25, -0.2) is 0 Å². The molecule has 7 unspecified atom stereocenters. The molecule has 1 saturated heterocycles. The fourth-order valence-corrected chi connectivity index (χ4v) is 6.01. The van der Waals surface area contributed by atoms with E-state index in [1.807, 2.05) is 6.08 Å². The van der Waals surface area contributed by atoms with Crippen LogP contribution in [0.2, 0.25) is 0 Å². The van der Waals surface area contributed by atoms with Gasteiger partial charge in [-0.1, -0.05) is 144 Å². The summed E-state index contributed by atoms with van der Waals surface area (Å²) in [5.74, 6) is -0.207. The van der Waals surface area contributed by atoms with E-state index in [2.05, 4.69) is 92.1 Å². The van der Waals surface area contributed by atoms with Gasteiger partial charge in [-0.15, -0.1) is 0 Å². The van der Waals surface area contributed by atoms with Gasteiger partial charge in [-0.3, -0.25) is 4.79 Å². The van der Waals surface area contributed by atoms with Gasteiger partial charge in [-0.05, 0) is 77.0 Å². The van der Waals surface area contributed by atoms with Crippen LogP contribution in [0.4, 0.5) is 0 Å². The maximum absolute atomic E-state index is 12.9. The molecule has 1 aliphatic heterocycles. The molecule has 1 amide bonds. The number of aliphatic hydroxyl groups excluding tert-OH is 5. The van der Waals surface area contributed by atoms with Gasteiger partial charge >= 0.3 is 0 Å². The first-order chi connectivity index (χ1) is 26.8. The SMILES string of the molecule is CC/C=C\C/C=C\C/C=C\C/C=C\CCCCCCCCCCC(=O)NC(COC1OC(CO)C(O)C(O)C1O)C(O)/C=C/CC/C=C/CC/C=C/CCC. The minimum absolute atomic E-state index is 0.207. The van der Waals surface area contributed by atoms with E-state index in [1.165, 1.54) is 25.7 Å². The van der Waals surface area contributed by atoms with Crippen LogP contribution < -0.4 is 5.32 Å². The predicted octanol–water partition coefficient (Wildman–Crippen LogP) is 8.38. The molecular weight excluding hydrogens is 695 g/mol. The maximum Gasteiger partial charge on any atom is 0.220 e. The molecule has 0 aliphatic carbocycles. The molecule has 0 aromatic heterocycles. The average Bonchev–Trinajstić information content (AvgIpc) is 3.18. The largest absolute Gasteiger partial charge is 0.394 e. The third-order valence-corrected chi connectivity index (χ3v) is 9.41. The Labute approximate surface area is 333 Å². The van der Waals surface area contributed by atoms with Gasteiger partial charge in [0.05, 0.1) is 25.4 Å². The number of ether oxygens (including phenoxy) is 2. The van der Waals surface area contributed by atoms with Gasteiger partial charge in [0.2, 0.25) is 5.91 Å². The third kappa shape index (κ3) is 26.8. The summed E-state index contributed by atoms with van der Waals surface area (Å²) in [6, 6.07) is -0.835. The second kappa shape index (κ2) is 35.8. The zero-order chi connectivity index (χ0) is 40.2. The fraction of sp³-hybridized carbons (Fsp3) is 0.674. The minimum atomic E-state index is -1.58. The summed E-state index contributed by atoms with van der Waals surface area (Å²) in [5.41, 5.74) is 0. The standard InChI is InChI=1S/C46H77NO8/c1-3-5-7-9-11-13-15-16-17-18-19-20-21-22-23-24-26-28-30-32-34-36-42(50)47-39(38-54-46-45(53)44(52)43(51)41(37-48)55-46)40(49)35-33-31-29-27-25-14-12-10-8-6-4-2/h5,7-8,10-11,13,16-17,19-20,25,27,33,35,39-41,43-46,48-49,51-53H,3-4,6,9,12,14-15,18,21-24,26,28-32,34,36-38H2,1-2H3,(H,47,50)/b7-5-,10-8+,13-11-,17-16-,20-19-,27-25+,35-33+. The molecule has 0 aromatic carbocycles. The molecule has 1 rings (SSSR count). The Bertz CT molecular complexity index is 1130. The summed E-state index contributed by atoms with van der Waals surface area (Å²) < 4.78 is 11.1. The average molecular weight is 772 g/mol. The van der Waals surface area contributed by atoms with Crippen LogP contribution >= 0.6 is 0 Å². The third-order valence-electron chi connectivity index (χ3n) is 9.41. The zero-order valence-corrected chi connectivity index (χ0v) is 34.1. The normalized spacial score (nSPS) is 22.2. The second-order valence-corrected chi connectivity index (χ2v) is 14.4. The van der Waals surface area contributed by atoms with E-state index >= 15 is 0 Å². The number of allylic oxidation sites excluding steroid dienone is 13. The molecule has 1 heterocycles. The Morgan fingerprint density at radius 2 is 1.15 bits per heavy atom. The Morgan fingerprint density at radius 3 is 1.73 bits per heavy atom. The van der Waals surface area contributed by atoms with E-state index in [-0.39, 0.29) is 12.5 Å². The molecule has 314 valence electrons. The van der Waals surface area contributed by atoms with E-state index < -0.39 is 49.5 Å². The van der Waals surface area contributed by atoms with E-state index in [9.17, 15) is 30.3 Å². The van der Waals surface area contributed by atoms with Crippen LogP contribution in [0.15, 0.2) is 85.1 Å². The van der Waals surface area contributed by atoms with Crippen LogP contribution in [0, 0.1) is 0 Å². The van der Waals surface area contributed by atoms with Crippen LogP contribution in [-0.4, -0.2) is 87.5 Å². The second-order valence-electron chi connectivity index (χ2n) is 14.4. The van der Waals surface area contributed by atoms with E-state index in [4.69, 9.17) is 9.47 Å². The van der Waals surface area contributed by atoms with Crippen molar-refractivity contribution in [3.8, 4) is 0 Å². The summed E-state index contributed by atoms with van der Waals surface area (Å²) in [5, 5.41) is 54.0. The van der Waals surface area contributed by atoms with Gasteiger partial charge in [0.15, 0.2) is 6.29 Å². The Morgan fingerprint density at radius 1 is 0.636 bits per heavy atom. The van der Waals surface area contributed by atoms with Crippen molar-refractivity contribution in [1.29, 1.82) is 0 Å². The lowest BCUT2D eigenvalue weighted by molar-refractivity contribution is -0.302. The predicted molar refractivity (Wildman–Crippen MR) is 225 cm³/mol. The van der Waals surface area contributed by atoms with Crippen molar-refractivity contribution in [2.24, 2.45) is 0 Å². The van der Waals surface area contributed by atoms with Crippen LogP contribution in [0.3, 0.4) is 0 Å². The van der Waals surface area contributed by atoms with Crippen molar-refractivity contribution >= 4 is 5.91 Å². The highest BCUT2D eigenvalue weighted by Gasteiger charge is 2.44. The van der Waals surface area contributed by atoms with Gasteiger partial charge in [0.25, 0.3) is 0 Å². The summed E-state index contributed by atoms with van der Waals surface area (Å²) in [4.78, 5) is 12.9. The van der Waals surface area contributed by atoms with Crippen molar-refractivity contribution < 1.29 is 39.8 Å². The highest BCUT2D eigenvalue weighted by atomic mass is 16.7. The fourth-order valence-electron chi connectivity index (χ4n) is 6.01.